The molecule has 1 saturated heterocycles. The molecule has 1 aliphatic rings. The highest BCUT2D eigenvalue weighted by molar-refractivity contribution is 9.10. The molecular formula is C13H19BrN2O. The first-order chi connectivity index (χ1) is 8.13. The molecular weight excluding hydrogens is 280 g/mol. The molecule has 0 spiro atoms. The van der Waals surface area contributed by atoms with E-state index in [2.05, 4.69) is 33.2 Å². The van der Waals surface area contributed by atoms with Gasteiger partial charge in [-0.05, 0) is 44.2 Å². The van der Waals surface area contributed by atoms with E-state index in [4.69, 9.17) is 0 Å². The van der Waals surface area contributed by atoms with E-state index in [1.54, 1.807) is 0 Å². The first-order valence-electron chi connectivity index (χ1n) is 5.97. The van der Waals surface area contributed by atoms with Gasteiger partial charge in [-0.1, -0.05) is 15.9 Å². The Morgan fingerprint density at radius 3 is 2.41 bits per heavy atom. The molecule has 0 atom stereocenters. The van der Waals surface area contributed by atoms with E-state index >= 15 is 0 Å². The smallest absolute Gasteiger partial charge is 0.0662 e. The number of aliphatic hydroxyl groups is 1. The number of halogens is 1. The van der Waals surface area contributed by atoms with Gasteiger partial charge in [0, 0.05) is 23.2 Å². The van der Waals surface area contributed by atoms with Crippen molar-refractivity contribution < 1.29 is 5.11 Å². The molecule has 0 bridgehead atoms. The number of anilines is 1. The van der Waals surface area contributed by atoms with Gasteiger partial charge >= 0.3 is 0 Å². The summed E-state index contributed by atoms with van der Waals surface area (Å²) in [5.74, 6) is 0. The summed E-state index contributed by atoms with van der Waals surface area (Å²) in [6.07, 6.45) is 1.96. The number of nitrogens with zero attached hydrogens (tertiary/aromatic N) is 1. The second-order valence-corrected chi connectivity index (χ2v) is 5.79. The molecule has 1 heterocycles. The number of hydrogen-bond acceptors (Lipinski definition) is 3. The maximum absolute atomic E-state index is 9.65. The zero-order chi connectivity index (χ0) is 12.3. The highest BCUT2D eigenvalue weighted by atomic mass is 79.9. The van der Waals surface area contributed by atoms with Crippen LogP contribution in [-0.4, -0.2) is 42.3 Å². The first kappa shape index (κ1) is 12.9. The van der Waals surface area contributed by atoms with Crippen LogP contribution in [0.25, 0.3) is 0 Å². The van der Waals surface area contributed by atoms with E-state index in [0.29, 0.717) is 0 Å². The van der Waals surface area contributed by atoms with E-state index in [0.717, 1.165) is 36.1 Å². The third kappa shape index (κ3) is 3.21. The molecule has 0 aromatic heterocycles. The third-order valence-electron chi connectivity index (χ3n) is 3.50. The van der Waals surface area contributed by atoms with Gasteiger partial charge in [0.1, 0.15) is 0 Å². The van der Waals surface area contributed by atoms with E-state index in [-0.39, 0.29) is 12.1 Å². The maximum Gasteiger partial charge on any atom is 0.0662 e. The number of hydrogen-bond donors (Lipinski definition) is 2. The fourth-order valence-corrected chi connectivity index (χ4v) is 2.47. The van der Waals surface area contributed by atoms with Crippen LogP contribution in [0, 0.1) is 0 Å². The molecule has 3 nitrogen and oxygen atoms in total. The Labute approximate surface area is 111 Å². The van der Waals surface area contributed by atoms with Gasteiger partial charge in [0.2, 0.25) is 0 Å². The molecule has 17 heavy (non-hydrogen) atoms. The van der Waals surface area contributed by atoms with Gasteiger partial charge in [0.15, 0.2) is 0 Å². The second-order valence-electron chi connectivity index (χ2n) is 4.87. The van der Waals surface area contributed by atoms with Crippen LogP contribution in [0.4, 0.5) is 5.69 Å². The standard InChI is InChI=1S/C13H19BrN2O/c1-16-8-6-13(10-17,7-9-16)15-12-4-2-11(14)3-5-12/h2-5,15,17H,6-10H2,1H3. The van der Waals surface area contributed by atoms with Gasteiger partial charge < -0.3 is 15.3 Å². The number of piperidine rings is 1. The molecule has 4 heteroatoms. The highest BCUT2D eigenvalue weighted by Gasteiger charge is 2.32. The van der Waals surface area contributed by atoms with Crippen LogP contribution >= 0.6 is 15.9 Å². The van der Waals surface area contributed by atoms with Crippen LogP contribution in [-0.2, 0) is 0 Å². The molecule has 94 valence electrons. The average molecular weight is 299 g/mol. The van der Waals surface area contributed by atoms with Gasteiger partial charge in [-0.2, -0.15) is 0 Å². The maximum atomic E-state index is 9.65. The van der Waals surface area contributed by atoms with Crippen molar-refractivity contribution in [3.63, 3.8) is 0 Å². The van der Waals surface area contributed by atoms with Crippen LogP contribution in [0.5, 0.6) is 0 Å². The lowest BCUT2D eigenvalue weighted by Gasteiger charge is -2.40. The van der Waals surface area contributed by atoms with Crippen LogP contribution in [0.2, 0.25) is 0 Å². The van der Waals surface area contributed by atoms with Crippen molar-refractivity contribution in [1.29, 1.82) is 0 Å². The largest absolute Gasteiger partial charge is 0.394 e. The SMILES string of the molecule is CN1CCC(CO)(Nc2ccc(Br)cc2)CC1. The van der Waals surface area contributed by atoms with Crippen molar-refractivity contribution in [2.24, 2.45) is 0 Å². The summed E-state index contributed by atoms with van der Waals surface area (Å²) in [5, 5.41) is 13.1. The number of nitrogens with one attached hydrogen (secondary N) is 1. The highest BCUT2D eigenvalue weighted by Crippen LogP contribution is 2.26. The minimum absolute atomic E-state index is 0.152. The van der Waals surface area contributed by atoms with Crippen LogP contribution in [0.15, 0.2) is 28.7 Å². The van der Waals surface area contributed by atoms with Crippen LogP contribution in [0.1, 0.15) is 12.8 Å². The third-order valence-corrected chi connectivity index (χ3v) is 4.03. The van der Waals surface area contributed by atoms with E-state index in [1.165, 1.54) is 0 Å². The van der Waals surface area contributed by atoms with E-state index in [1.807, 2.05) is 24.3 Å². The van der Waals surface area contributed by atoms with Crippen molar-refractivity contribution in [3.05, 3.63) is 28.7 Å². The van der Waals surface area contributed by atoms with Crippen molar-refractivity contribution in [3.8, 4) is 0 Å². The molecule has 1 aliphatic heterocycles. The van der Waals surface area contributed by atoms with Gasteiger partial charge in [0.25, 0.3) is 0 Å². The Bertz CT molecular complexity index is 358. The minimum atomic E-state index is -0.152. The molecule has 1 fully saturated rings. The summed E-state index contributed by atoms with van der Waals surface area (Å²) < 4.78 is 1.07. The zero-order valence-corrected chi connectivity index (χ0v) is 11.7. The second kappa shape index (κ2) is 5.38. The molecule has 2 N–H and O–H groups in total. The van der Waals surface area contributed by atoms with Crippen molar-refractivity contribution in [2.45, 2.75) is 18.4 Å². The topological polar surface area (TPSA) is 35.5 Å². The number of benzene rings is 1. The van der Waals surface area contributed by atoms with Gasteiger partial charge in [-0.3, -0.25) is 0 Å². The normalized spacial score (nSPS) is 20.2. The van der Waals surface area contributed by atoms with Crippen molar-refractivity contribution in [2.75, 3.05) is 32.1 Å². The molecule has 1 aromatic rings. The summed E-state index contributed by atoms with van der Waals surface area (Å²) >= 11 is 3.43. The van der Waals surface area contributed by atoms with Crippen LogP contribution < -0.4 is 5.32 Å². The number of rotatable bonds is 3. The summed E-state index contributed by atoms with van der Waals surface area (Å²) in [6, 6.07) is 8.12. The van der Waals surface area contributed by atoms with Crippen LogP contribution in [0.3, 0.4) is 0 Å². The molecule has 0 aliphatic carbocycles. The predicted molar refractivity (Wildman–Crippen MR) is 74.3 cm³/mol. The van der Waals surface area contributed by atoms with Gasteiger partial charge in [0.05, 0.1) is 12.1 Å². The molecule has 0 radical (unpaired) electrons. The summed E-state index contributed by atoms with van der Waals surface area (Å²) in [5.41, 5.74) is 0.923. The van der Waals surface area contributed by atoms with Gasteiger partial charge in [-0.25, -0.2) is 0 Å². The lowest BCUT2D eigenvalue weighted by atomic mass is 9.88. The quantitative estimate of drug-likeness (QED) is 0.899. The summed E-state index contributed by atoms with van der Waals surface area (Å²) in [4.78, 5) is 2.30. The first-order valence-corrected chi connectivity index (χ1v) is 6.76. The number of likely N-dealkylation sites (tertiary alicyclic amines) is 1. The zero-order valence-electron chi connectivity index (χ0n) is 10.1. The Morgan fingerprint density at radius 1 is 1.29 bits per heavy atom. The summed E-state index contributed by atoms with van der Waals surface area (Å²) in [7, 11) is 2.13. The Morgan fingerprint density at radius 2 is 1.88 bits per heavy atom. The Hall–Kier alpha value is -0.580. The Kier molecular flexibility index (Phi) is 4.07. The summed E-state index contributed by atoms with van der Waals surface area (Å²) in [6.45, 7) is 2.26. The van der Waals surface area contributed by atoms with E-state index in [9.17, 15) is 5.11 Å². The molecule has 2 rings (SSSR count). The average Bonchev–Trinajstić information content (AvgIpc) is 2.35. The minimum Gasteiger partial charge on any atom is -0.394 e. The molecule has 0 saturated carbocycles. The molecule has 1 aromatic carbocycles. The van der Waals surface area contributed by atoms with E-state index < -0.39 is 0 Å². The lowest BCUT2D eigenvalue weighted by molar-refractivity contribution is 0.133. The predicted octanol–water partition coefficient (Wildman–Crippen LogP) is 2.32. The molecule has 0 amide bonds. The fraction of sp³-hybridized carbons (Fsp3) is 0.538. The molecule has 0 unspecified atom stereocenters. The lowest BCUT2D eigenvalue weighted by Crippen LogP contribution is -2.50. The fourth-order valence-electron chi connectivity index (χ4n) is 2.21. The number of aliphatic hydroxyl groups excluding tert-OH is 1. The van der Waals surface area contributed by atoms with Crippen molar-refractivity contribution >= 4 is 21.6 Å². The van der Waals surface area contributed by atoms with Gasteiger partial charge in [-0.15, -0.1) is 0 Å². The monoisotopic (exact) mass is 298 g/mol. The van der Waals surface area contributed by atoms with Crippen molar-refractivity contribution in [1.82, 2.24) is 4.90 Å². The Balaban J connectivity index is 2.06.